The molecule has 1 aromatic carbocycles. The topological polar surface area (TPSA) is 13.1 Å². The van der Waals surface area contributed by atoms with Crippen LogP contribution in [0.2, 0.25) is 0 Å². The van der Waals surface area contributed by atoms with Crippen molar-refractivity contribution >= 4 is 0 Å². The van der Waals surface area contributed by atoms with Crippen molar-refractivity contribution in [3.05, 3.63) is 65.0 Å². The molecule has 2 aromatic rings. The zero-order valence-electron chi connectivity index (χ0n) is 12.0. The number of nitrogens with zero attached hydrogens (tertiary/aromatic N) is 1. The summed E-state index contributed by atoms with van der Waals surface area (Å²) in [6.45, 7) is 7.79. The molecule has 0 N–H and O–H groups in total. The molecule has 1 heterocycles. The third kappa shape index (κ3) is 3.65. The Hall–Kier alpha value is -1.67. The highest BCUT2D eigenvalue weighted by molar-refractivity contribution is 5.27. The van der Waals surface area contributed by atoms with Gasteiger partial charge in [0.15, 0.2) is 12.4 Å². The molecule has 0 radical (unpaired) electrons. The van der Waals surface area contributed by atoms with Crippen molar-refractivity contribution in [1.82, 2.24) is 0 Å². The Labute approximate surface area is 115 Å². The van der Waals surface area contributed by atoms with Gasteiger partial charge in [0.25, 0.3) is 6.73 Å². The number of rotatable bonds is 5. The fourth-order valence-corrected chi connectivity index (χ4v) is 2.21. The highest BCUT2D eigenvalue weighted by Crippen LogP contribution is 2.10. The van der Waals surface area contributed by atoms with Crippen LogP contribution >= 0.6 is 0 Å². The average Bonchev–Trinajstić information content (AvgIpc) is 2.43. The highest BCUT2D eigenvalue weighted by Gasteiger charge is 2.09. The van der Waals surface area contributed by atoms with Crippen LogP contribution in [0.1, 0.15) is 29.2 Å². The summed E-state index contributed by atoms with van der Waals surface area (Å²) in [5.74, 6) is 0. The minimum atomic E-state index is 0.600. The van der Waals surface area contributed by atoms with Crippen LogP contribution in [-0.2, 0) is 24.5 Å². The van der Waals surface area contributed by atoms with Gasteiger partial charge in [0, 0.05) is 11.1 Å². The second-order valence-corrected chi connectivity index (χ2v) is 4.92. The first kappa shape index (κ1) is 13.8. The van der Waals surface area contributed by atoms with Crippen molar-refractivity contribution in [3.8, 4) is 0 Å². The standard InChI is InChI=1S/C17H22NO/c1-4-17-11-18(10-14(2)15(17)3)13-19-12-16-8-6-5-7-9-16/h5-11H,4,12-13H2,1-3H3/q+1. The van der Waals surface area contributed by atoms with E-state index in [1.54, 1.807) is 0 Å². The lowest BCUT2D eigenvalue weighted by atomic mass is 10.1. The van der Waals surface area contributed by atoms with Gasteiger partial charge in [-0.2, -0.15) is 4.57 Å². The Balaban J connectivity index is 1.98. The summed E-state index contributed by atoms with van der Waals surface area (Å²) < 4.78 is 7.89. The minimum absolute atomic E-state index is 0.600. The van der Waals surface area contributed by atoms with E-state index in [4.69, 9.17) is 4.74 Å². The second-order valence-electron chi connectivity index (χ2n) is 4.92. The second kappa shape index (κ2) is 6.48. The summed E-state index contributed by atoms with van der Waals surface area (Å²) in [6, 6.07) is 10.3. The van der Waals surface area contributed by atoms with Crippen LogP contribution in [0.5, 0.6) is 0 Å². The van der Waals surface area contributed by atoms with Crippen LogP contribution in [0.3, 0.4) is 0 Å². The van der Waals surface area contributed by atoms with Crippen molar-refractivity contribution < 1.29 is 9.30 Å². The van der Waals surface area contributed by atoms with Crippen LogP contribution in [-0.4, -0.2) is 0 Å². The maximum absolute atomic E-state index is 5.76. The quantitative estimate of drug-likeness (QED) is 0.748. The van der Waals surface area contributed by atoms with Gasteiger partial charge < -0.3 is 4.74 Å². The van der Waals surface area contributed by atoms with Crippen molar-refractivity contribution in [3.63, 3.8) is 0 Å². The third-order valence-corrected chi connectivity index (χ3v) is 3.49. The molecule has 0 unspecified atom stereocenters. The fourth-order valence-electron chi connectivity index (χ4n) is 2.21. The molecule has 2 nitrogen and oxygen atoms in total. The molecule has 0 bridgehead atoms. The lowest BCUT2D eigenvalue weighted by Gasteiger charge is -2.06. The summed E-state index contributed by atoms with van der Waals surface area (Å²) in [5, 5.41) is 0. The Morgan fingerprint density at radius 1 is 1.05 bits per heavy atom. The molecule has 0 spiro atoms. The van der Waals surface area contributed by atoms with Gasteiger partial charge in [0.2, 0.25) is 0 Å². The number of aromatic nitrogens is 1. The first-order chi connectivity index (χ1) is 9.20. The minimum Gasteiger partial charge on any atom is -0.318 e. The molecule has 0 fully saturated rings. The number of aryl methyl sites for hydroxylation is 2. The van der Waals surface area contributed by atoms with E-state index in [1.165, 1.54) is 22.3 Å². The Morgan fingerprint density at radius 3 is 2.47 bits per heavy atom. The van der Waals surface area contributed by atoms with Gasteiger partial charge >= 0.3 is 0 Å². The smallest absolute Gasteiger partial charge is 0.252 e. The van der Waals surface area contributed by atoms with E-state index in [0.717, 1.165) is 6.42 Å². The van der Waals surface area contributed by atoms with Crippen LogP contribution in [0.15, 0.2) is 42.7 Å². The van der Waals surface area contributed by atoms with Gasteiger partial charge in [-0.25, -0.2) is 0 Å². The number of pyridine rings is 1. The Kier molecular flexibility index (Phi) is 4.69. The summed E-state index contributed by atoms with van der Waals surface area (Å²) in [4.78, 5) is 0. The number of hydrogen-bond donors (Lipinski definition) is 0. The van der Waals surface area contributed by atoms with Gasteiger partial charge in [-0.05, 0) is 31.4 Å². The van der Waals surface area contributed by atoms with Crippen molar-refractivity contribution in [2.24, 2.45) is 0 Å². The zero-order chi connectivity index (χ0) is 13.7. The van der Waals surface area contributed by atoms with Gasteiger partial charge in [-0.15, -0.1) is 0 Å². The third-order valence-electron chi connectivity index (χ3n) is 3.49. The van der Waals surface area contributed by atoms with Crippen LogP contribution in [0.25, 0.3) is 0 Å². The molecule has 2 heteroatoms. The molecular formula is C17H22NO+. The lowest BCUT2D eigenvalue weighted by Crippen LogP contribution is -2.35. The van der Waals surface area contributed by atoms with Crippen molar-refractivity contribution in [2.75, 3.05) is 0 Å². The van der Waals surface area contributed by atoms with Gasteiger partial charge in [0.1, 0.15) is 0 Å². The molecule has 0 saturated heterocycles. The Morgan fingerprint density at radius 2 is 1.79 bits per heavy atom. The van der Waals surface area contributed by atoms with Crippen LogP contribution in [0, 0.1) is 13.8 Å². The van der Waals surface area contributed by atoms with Gasteiger partial charge in [-0.3, -0.25) is 0 Å². The normalized spacial score (nSPS) is 10.7. The summed E-state index contributed by atoms with van der Waals surface area (Å²) >= 11 is 0. The van der Waals surface area contributed by atoms with E-state index in [-0.39, 0.29) is 0 Å². The SMILES string of the molecule is CCc1c[n+](COCc2ccccc2)cc(C)c1C. The molecule has 1 aromatic heterocycles. The van der Waals surface area contributed by atoms with E-state index in [2.05, 4.69) is 49.9 Å². The molecule has 100 valence electrons. The van der Waals surface area contributed by atoms with Gasteiger partial charge in [0.05, 0.1) is 6.61 Å². The van der Waals surface area contributed by atoms with E-state index in [1.807, 2.05) is 18.2 Å². The van der Waals surface area contributed by atoms with E-state index in [0.29, 0.717) is 13.3 Å². The van der Waals surface area contributed by atoms with Crippen molar-refractivity contribution in [1.29, 1.82) is 0 Å². The predicted molar refractivity (Wildman–Crippen MR) is 76.7 cm³/mol. The molecule has 0 aliphatic heterocycles. The molecule has 0 amide bonds. The Bertz CT molecular complexity index is 534. The highest BCUT2D eigenvalue weighted by atomic mass is 16.5. The molecule has 2 rings (SSSR count). The first-order valence-corrected chi connectivity index (χ1v) is 6.81. The number of hydrogen-bond acceptors (Lipinski definition) is 1. The molecule has 0 atom stereocenters. The van der Waals surface area contributed by atoms with Gasteiger partial charge in [-0.1, -0.05) is 37.3 Å². The molecule has 0 saturated carbocycles. The molecule has 0 aliphatic rings. The maximum atomic E-state index is 5.76. The summed E-state index contributed by atoms with van der Waals surface area (Å²) in [7, 11) is 0. The molecule has 0 aliphatic carbocycles. The first-order valence-electron chi connectivity index (χ1n) is 6.81. The number of benzene rings is 1. The molecule has 19 heavy (non-hydrogen) atoms. The van der Waals surface area contributed by atoms with Crippen molar-refractivity contribution in [2.45, 2.75) is 40.5 Å². The fraction of sp³-hybridized carbons (Fsp3) is 0.353. The van der Waals surface area contributed by atoms with Crippen LogP contribution < -0.4 is 4.57 Å². The summed E-state index contributed by atoms with van der Waals surface area (Å²) in [5.41, 5.74) is 5.32. The summed E-state index contributed by atoms with van der Waals surface area (Å²) in [6.07, 6.45) is 5.40. The van der Waals surface area contributed by atoms with E-state index in [9.17, 15) is 0 Å². The van der Waals surface area contributed by atoms with Crippen LogP contribution in [0.4, 0.5) is 0 Å². The average molecular weight is 256 g/mol. The molecular weight excluding hydrogens is 234 g/mol. The lowest BCUT2D eigenvalue weighted by molar-refractivity contribution is -0.734. The predicted octanol–water partition coefficient (Wildman–Crippen LogP) is 3.33. The number of ether oxygens (including phenoxy) is 1. The maximum Gasteiger partial charge on any atom is 0.252 e. The monoisotopic (exact) mass is 256 g/mol. The van der Waals surface area contributed by atoms with E-state index >= 15 is 0 Å². The van der Waals surface area contributed by atoms with E-state index < -0.39 is 0 Å². The largest absolute Gasteiger partial charge is 0.318 e. The zero-order valence-corrected chi connectivity index (χ0v) is 12.0.